The molecule has 4 heteroatoms. The average molecular weight is 350 g/mol. The van der Waals surface area contributed by atoms with Gasteiger partial charge in [-0.2, -0.15) is 0 Å². The van der Waals surface area contributed by atoms with Crippen molar-refractivity contribution in [3.8, 4) is 0 Å². The Kier molecular flexibility index (Phi) is 6.08. The summed E-state index contributed by atoms with van der Waals surface area (Å²) in [5.41, 5.74) is 1.52. The smallest absolute Gasteiger partial charge is 0.331 e. The molecule has 136 valence electrons. The maximum atomic E-state index is 12.5. The fourth-order valence-corrected chi connectivity index (χ4v) is 3.39. The third kappa shape index (κ3) is 4.52. The molecular formula is C22H26N2O2. The van der Waals surface area contributed by atoms with Crippen molar-refractivity contribution in [2.75, 3.05) is 32.1 Å². The molecule has 0 spiro atoms. The van der Waals surface area contributed by atoms with Gasteiger partial charge >= 0.3 is 5.97 Å². The number of hydrogen-bond donors (Lipinski definition) is 1. The van der Waals surface area contributed by atoms with Crippen molar-refractivity contribution in [1.82, 2.24) is 4.90 Å². The van der Waals surface area contributed by atoms with Crippen molar-refractivity contribution < 1.29 is 9.53 Å². The molecule has 2 aromatic carbocycles. The Balaban J connectivity index is 1.59. The summed E-state index contributed by atoms with van der Waals surface area (Å²) in [7, 11) is 1.46. The molecule has 0 amide bonds. The molecule has 1 fully saturated rings. The lowest BCUT2D eigenvalue weighted by molar-refractivity contribution is -0.147. The van der Waals surface area contributed by atoms with Gasteiger partial charge in [0.15, 0.2) is 0 Å². The molecule has 1 aliphatic heterocycles. The number of carbonyl (C=O) groups excluding carboxylic acids is 1. The normalized spacial score (nSPS) is 17.1. The number of likely N-dealkylation sites (tertiary alicyclic amines) is 1. The summed E-state index contributed by atoms with van der Waals surface area (Å²) in [4.78, 5) is 14.9. The quantitative estimate of drug-likeness (QED) is 0.804. The Morgan fingerprint density at radius 3 is 2.31 bits per heavy atom. The lowest BCUT2D eigenvalue weighted by atomic mass is 9.87. The number of benzene rings is 2. The van der Waals surface area contributed by atoms with Crippen LogP contribution >= 0.6 is 0 Å². The van der Waals surface area contributed by atoms with Crippen LogP contribution in [0.25, 0.3) is 6.08 Å². The summed E-state index contributed by atoms with van der Waals surface area (Å²) < 4.78 is 5.11. The summed E-state index contributed by atoms with van der Waals surface area (Å²) >= 11 is 0. The first-order valence-corrected chi connectivity index (χ1v) is 9.07. The molecule has 1 N–H and O–H groups in total. The molecule has 0 saturated carbocycles. The fraction of sp³-hybridized carbons (Fsp3) is 0.318. The van der Waals surface area contributed by atoms with Crippen molar-refractivity contribution in [2.45, 2.75) is 18.4 Å². The molecular weight excluding hydrogens is 324 g/mol. The number of piperidine rings is 1. The van der Waals surface area contributed by atoms with Crippen LogP contribution in [0.4, 0.5) is 5.69 Å². The van der Waals surface area contributed by atoms with E-state index in [0.29, 0.717) is 0 Å². The number of para-hydroxylation sites is 1. The third-order valence-electron chi connectivity index (χ3n) is 4.92. The zero-order valence-corrected chi connectivity index (χ0v) is 15.2. The number of hydrogen-bond acceptors (Lipinski definition) is 4. The van der Waals surface area contributed by atoms with Gasteiger partial charge in [0.2, 0.25) is 0 Å². The number of esters is 1. The highest BCUT2D eigenvalue weighted by Gasteiger charge is 2.42. The zero-order valence-electron chi connectivity index (χ0n) is 15.2. The number of rotatable bonds is 6. The predicted octanol–water partition coefficient (Wildman–Crippen LogP) is 3.82. The molecule has 3 rings (SSSR count). The number of anilines is 1. The highest BCUT2D eigenvalue weighted by Crippen LogP contribution is 2.28. The second kappa shape index (κ2) is 8.68. The van der Waals surface area contributed by atoms with Crippen LogP contribution < -0.4 is 5.32 Å². The zero-order chi connectivity index (χ0) is 18.2. The topological polar surface area (TPSA) is 41.6 Å². The van der Waals surface area contributed by atoms with E-state index < -0.39 is 5.54 Å². The second-order valence-electron chi connectivity index (χ2n) is 6.68. The van der Waals surface area contributed by atoms with Gasteiger partial charge in [0.25, 0.3) is 0 Å². The fourth-order valence-electron chi connectivity index (χ4n) is 3.39. The van der Waals surface area contributed by atoms with Crippen molar-refractivity contribution in [3.63, 3.8) is 0 Å². The summed E-state index contributed by atoms with van der Waals surface area (Å²) in [5.74, 6) is -0.180. The van der Waals surface area contributed by atoms with E-state index in [0.717, 1.165) is 38.2 Å². The van der Waals surface area contributed by atoms with Gasteiger partial charge in [-0.3, -0.25) is 4.90 Å². The van der Waals surface area contributed by atoms with Gasteiger partial charge in [0.1, 0.15) is 5.54 Å². The molecule has 26 heavy (non-hydrogen) atoms. The van der Waals surface area contributed by atoms with Gasteiger partial charge < -0.3 is 10.1 Å². The van der Waals surface area contributed by atoms with Crippen LogP contribution in [0.15, 0.2) is 66.7 Å². The van der Waals surface area contributed by atoms with Gasteiger partial charge in [-0.15, -0.1) is 0 Å². The Bertz CT molecular complexity index is 720. The van der Waals surface area contributed by atoms with E-state index in [9.17, 15) is 4.79 Å². The highest BCUT2D eigenvalue weighted by atomic mass is 16.5. The van der Waals surface area contributed by atoms with Crippen LogP contribution in [0, 0.1) is 0 Å². The molecule has 1 heterocycles. The van der Waals surface area contributed by atoms with Gasteiger partial charge in [-0.05, 0) is 30.5 Å². The molecule has 0 unspecified atom stereocenters. The van der Waals surface area contributed by atoms with Crippen LogP contribution in [-0.2, 0) is 9.53 Å². The van der Waals surface area contributed by atoms with Crippen LogP contribution in [0.3, 0.4) is 0 Å². The molecule has 1 saturated heterocycles. The molecule has 4 nitrogen and oxygen atoms in total. The summed E-state index contributed by atoms with van der Waals surface area (Å²) in [6, 6.07) is 20.2. The predicted molar refractivity (Wildman–Crippen MR) is 106 cm³/mol. The molecule has 1 aliphatic rings. The Labute approximate surface area is 155 Å². The van der Waals surface area contributed by atoms with E-state index in [-0.39, 0.29) is 5.97 Å². The van der Waals surface area contributed by atoms with Crippen LogP contribution in [0.5, 0.6) is 0 Å². The highest BCUT2D eigenvalue weighted by molar-refractivity contribution is 5.84. The minimum Gasteiger partial charge on any atom is -0.467 e. The SMILES string of the molecule is COC(=O)C1(Nc2ccccc2)CCN(CC=Cc2ccccc2)CC1. The summed E-state index contributed by atoms with van der Waals surface area (Å²) in [6.45, 7) is 2.60. The molecule has 0 radical (unpaired) electrons. The number of nitrogens with one attached hydrogen (secondary N) is 1. The van der Waals surface area contributed by atoms with E-state index in [1.54, 1.807) is 0 Å². The molecule has 2 aromatic rings. The van der Waals surface area contributed by atoms with E-state index in [4.69, 9.17) is 4.74 Å². The van der Waals surface area contributed by atoms with Crippen molar-refractivity contribution in [1.29, 1.82) is 0 Å². The summed E-state index contributed by atoms with van der Waals surface area (Å²) in [6.07, 6.45) is 5.79. The van der Waals surface area contributed by atoms with Crippen LogP contribution in [0.2, 0.25) is 0 Å². The van der Waals surface area contributed by atoms with Crippen LogP contribution in [-0.4, -0.2) is 43.2 Å². The largest absolute Gasteiger partial charge is 0.467 e. The van der Waals surface area contributed by atoms with Crippen molar-refractivity contribution in [3.05, 3.63) is 72.3 Å². The van der Waals surface area contributed by atoms with E-state index in [2.05, 4.69) is 34.5 Å². The van der Waals surface area contributed by atoms with Crippen molar-refractivity contribution in [2.24, 2.45) is 0 Å². The second-order valence-corrected chi connectivity index (χ2v) is 6.68. The molecule has 0 bridgehead atoms. The first-order chi connectivity index (χ1) is 12.7. The van der Waals surface area contributed by atoms with Gasteiger partial charge in [0, 0.05) is 25.3 Å². The minimum atomic E-state index is -0.643. The van der Waals surface area contributed by atoms with E-state index >= 15 is 0 Å². The minimum absolute atomic E-state index is 0.180. The van der Waals surface area contributed by atoms with Crippen molar-refractivity contribution >= 4 is 17.7 Å². The standard InChI is InChI=1S/C22H26N2O2/c1-26-21(25)22(23-20-12-6-3-7-13-20)14-17-24(18-15-22)16-8-11-19-9-4-2-5-10-19/h2-13,23H,14-18H2,1H3. The van der Waals surface area contributed by atoms with E-state index in [1.165, 1.54) is 12.7 Å². The first kappa shape index (κ1) is 18.2. The Morgan fingerprint density at radius 2 is 1.69 bits per heavy atom. The first-order valence-electron chi connectivity index (χ1n) is 9.07. The van der Waals surface area contributed by atoms with Gasteiger partial charge in [-0.25, -0.2) is 4.79 Å². The number of methoxy groups -OCH3 is 1. The number of nitrogens with zero attached hydrogens (tertiary/aromatic N) is 1. The molecule has 0 atom stereocenters. The maximum Gasteiger partial charge on any atom is 0.331 e. The molecule has 0 aliphatic carbocycles. The third-order valence-corrected chi connectivity index (χ3v) is 4.92. The Hall–Kier alpha value is -2.59. The monoisotopic (exact) mass is 350 g/mol. The number of carbonyl (C=O) groups is 1. The summed E-state index contributed by atoms with van der Waals surface area (Å²) in [5, 5.41) is 3.43. The van der Waals surface area contributed by atoms with Gasteiger partial charge in [-0.1, -0.05) is 60.7 Å². The molecule has 0 aromatic heterocycles. The average Bonchev–Trinajstić information content (AvgIpc) is 2.70. The van der Waals surface area contributed by atoms with E-state index in [1.807, 2.05) is 48.5 Å². The lowest BCUT2D eigenvalue weighted by Gasteiger charge is -2.40. The van der Waals surface area contributed by atoms with Gasteiger partial charge in [0.05, 0.1) is 7.11 Å². The lowest BCUT2D eigenvalue weighted by Crippen LogP contribution is -2.54. The van der Waals surface area contributed by atoms with Crippen LogP contribution in [0.1, 0.15) is 18.4 Å². The number of ether oxygens (including phenoxy) is 1. The Morgan fingerprint density at radius 1 is 1.08 bits per heavy atom. The maximum absolute atomic E-state index is 12.5.